The van der Waals surface area contributed by atoms with Crippen molar-refractivity contribution >= 4 is 23.6 Å². The van der Waals surface area contributed by atoms with E-state index in [9.17, 15) is 5.11 Å². The number of ether oxygens (including phenoxy) is 1. The van der Waals surface area contributed by atoms with Crippen molar-refractivity contribution in [1.29, 1.82) is 0 Å². The van der Waals surface area contributed by atoms with E-state index in [0.29, 0.717) is 41.4 Å². The van der Waals surface area contributed by atoms with Gasteiger partial charge in [-0.1, -0.05) is 36.4 Å². The van der Waals surface area contributed by atoms with Crippen molar-refractivity contribution in [2.75, 3.05) is 0 Å². The van der Waals surface area contributed by atoms with Gasteiger partial charge in [0.1, 0.15) is 5.75 Å². The number of aromatic amines is 1. The predicted octanol–water partition coefficient (Wildman–Crippen LogP) is 5.35. The third kappa shape index (κ3) is 5.83. The molecule has 0 aliphatic carbocycles. The second-order valence-corrected chi connectivity index (χ2v) is 8.48. The van der Waals surface area contributed by atoms with Crippen LogP contribution >= 0.6 is 12.0 Å². The molecule has 1 heterocycles. The van der Waals surface area contributed by atoms with Crippen LogP contribution in [0.1, 0.15) is 23.1 Å². The van der Waals surface area contributed by atoms with Crippen molar-refractivity contribution in [2.24, 2.45) is 0 Å². The van der Waals surface area contributed by atoms with Crippen molar-refractivity contribution in [3.05, 3.63) is 89.5 Å². The summed E-state index contributed by atoms with van der Waals surface area (Å²) in [6.07, 6.45) is 1.08. The summed E-state index contributed by atoms with van der Waals surface area (Å²) in [6, 6.07) is 23.1. The van der Waals surface area contributed by atoms with Crippen LogP contribution in [0.2, 0.25) is 0 Å². The van der Waals surface area contributed by atoms with Crippen LogP contribution in [0.4, 0.5) is 5.69 Å². The quantitative estimate of drug-likeness (QED) is 0.162. The largest absolute Gasteiger partial charge is 0.463 e. The second-order valence-electron chi connectivity index (χ2n) is 7.83. The highest BCUT2D eigenvalue weighted by Crippen LogP contribution is 2.29. The molecule has 4 aromatic rings. The van der Waals surface area contributed by atoms with E-state index >= 15 is 0 Å². The number of rotatable bonds is 8. The number of aryl methyl sites for hydroxylation is 3. The Kier molecular flexibility index (Phi) is 7.12. The molecule has 1 aromatic heterocycles. The minimum atomic E-state index is 0.159. The van der Waals surface area contributed by atoms with E-state index in [1.807, 2.05) is 48.5 Å². The van der Waals surface area contributed by atoms with E-state index in [-0.39, 0.29) is 5.90 Å². The minimum absolute atomic E-state index is 0.159. The van der Waals surface area contributed by atoms with Crippen LogP contribution in [0, 0.1) is 13.8 Å². The van der Waals surface area contributed by atoms with Gasteiger partial charge in [-0.25, -0.2) is 0 Å². The number of aliphatic hydroxyl groups excluding tert-OH is 1. The van der Waals surface area contributed by atoms with Gasteiger partial charge in [0.25, 0.3) is 0 Å². The topological polar surface area (TPSA) is 92.3 Å². The fraction of sp³-hybridized carbons (Fsp3) is 0.154. The Labute approximate surface area is 197 Å². The molecule has 6 nitrogen and oxygen atoms in total. The molecular formula is C26H26N3O3S+. The zero-order valence-electron chi connectivity index (χ0n) is 18.5. The maximum Gasteiger partial charge on any atom is 0.338 e. The zero-order valence-corrected chi connectivity index (χ0v) is 19.3. The van der Waals surface area contributed by atoms with Gasteiger partial charge in [0.15, 0.2) is 0 Å². The van der Waals surface area contributed by atoms with E-state index in [1.165, 1.54) is 11.1 Å². The highest BCUT2D eigenvalue weighted by atomic mass is 32.2. The molecule has 0 aliphatic heterocycles. The van der Waals surface area contributed by atoms with E-state index in [1.54, 1.807) is 12.1 Å². The van der Waals surface area contributed by atoms with Crippen LogP contribution in [0.25, 0.3) is 11.3 Å². The summed E-state index contributed by atoms with van der Waals surface area (Å²) < 4.78 is 15.1. The number of H-pyrrole nitrogens is 1. The monoisotopic (exact) mass is 460 g/mol. The summed E-state index contributed by atoms with van der Waals surface area (Å²) in [7, 11) is 0. The Morgan fingerprint density at radius 3 is 2.55 bits per heavy atom. The third-order valence-electron chi connectivity index (χ3n) is 5.30. The lowest BCUT2D eigenvalue weighted by Gasteiger charge is -2.06. The molecule has 0 fully saturated rings. The standard InChI is InChI=1S/C26H25N3O3S/c1-17-6-3-7-18(2)26(17)23-16-25(29-28-23)32-21-10-4-8-19(14-21)12-13-24(30)27-20-9-5-11-22(15-20)33-31/h3-11,14-16,31H,12-13H2,1-2H3,(H,27,30)(H,28,29)/p+1. The highest BCUT2D eigenvalue weighted by molar-refractivity contribution is 7.93. The smallest absolute Gasteiger partial charge is 0.338 e. The van der Waals surface area contributed by atoms with Crippen molar-refractivity contribution in [3.63, 3.8) is 0 Å². The molecule has 0 spiro atoms. The van der Waals surface area contributed by atoms with Crippen LogP contribution in [0.15, 0.2) is 77.7 Å². The fourth-order valence-electron chi connectivity index (χ4n) is 3.73. The number of hydrogen-bond acceptors (Lipinski definition) is 4. The van der Waals surface area contributed by atoms with Gasteiger partial charge in [0.2, 0.25) is 11.6 Å². The first-order valence-corrected chi connectivity index (χ1v) is 11.4. The molecular weight excluding hydrogens is 434 g/mol. The summed E-state index contributed by atoms with van der Waals surface area (Å²) in [5.74, 6) is 1.35. The zero-order chi connectivity index (χ0) is 23.2. The molecule has 0 radical (unpaired) electrons. The van der Waals surface area contributed by atoms with Gasteiger partial charge in [-0.05, 0) is 55.2 Å². The first-order chi connectivity index (χ1) is 16.0. The normalized spacial score (nSPS) is 11.5. The van der Waals surface area contributed by atoms with Crippen molar-refractivity contribution < 1.29 is 19.4 Å². The molecule has 33 heavy (non-hydrogen) atoms. The Hall–Kier alpha value is -3.55. The van der Waals surface area contributed by atoms with Crippen molar-refractivity contribution in [3.8, 4) is 22.9 Å². The summed E-state index contributed by atoms with van der Waals surface area (Å²) in [5.41, 5.74) is 6.17. The molecule has 0 amide bonds. The van der Waals surface area contributed by atoms with Gasteiger partial charge >= 0.3 is 5.90 Å². The summed E-state index contributed by atoms with van der Waals surface area (Å²) >= 11 is 0.672. The number of benzene rings is 3. The van der Waals surface area contributed by atoms with Crippen LogP contribution in [0.5, 0.6) is 11.6 Å². The Balaban J connectivity index is 1.41. The van der Waals surface area contributed by atoms with Gasteiger partial charge in [-0.3, -0.25) is 5.10 Å². The number of aromatic nitrogens is 2. The van der Waals surface area contributed by atoms with Crippen LogP contribution in [0.3, 0.4) is 0 Å². The Morgan fingerprint density at radius 2 is 1.76 bits per heavy atom. The maximum atomic E-state index is 10.3. The average Bonchev–Trinajstić information content (AvgIpc) is 3.26. The van der Waals surface area contributed by atoms with Gasteiger partial charge in [-0.2, -0.15) is 4.99 Å². The number of nitrogens with one attached hydrogen (secondary N) is 2. The molecule has 0 unspecified atom stereocenters. The minimum Gasteiger partial charge on any atom is -0.463 e. The molecule has 0 saturated heterocycles. The van der Waals surface area contributed by atoms with Gasteiger partial charge in [0.05, 0.1) is 12.1 Å². The first kappa shape index (κ1) is 22.6. The molecule has 0 aliphatic rings. The molecule has 0 bridgehead atoms. The first-order valence-electron chi connectivity index (χ1n) is 10.6. The SMILES string of the molecule is Cc1cccc(C)c1-c1cc(Oc2cccc(CCC(O)=[NH+]c3cccc(SO)c3)c2)n[nH]1. The van der Waals surface area contributed by atoms with E-state index in [0.717, 1.165) is 22.5 Å². The number of aliphatic hydroxyl groups is 1. The summed E-state index contributed by atoms with van der Waals surface area (Å²) in [5, 5.41) is 17.7. The summed E-state index contributed by atoms with van der Waals surface area (Å²) in [4.78, 5) is 3.68. The third-order valence-corrected chi connectivity index (χ3v) is 5.77. The van der Waals surface area contributed by atoms with Gasteiger partial charge in [0, 0.05) is 40.7 Å². The lowest BCUT2D eigenvalue weighted by Crippen LogP contribution is -2.66. The molecule has 3 aromatic carbocycles. The Morgan fingerprint density at radius 1 is 1.00 bits per heavy atom. The van der Waals surface area contributed by atoms with E-state index in [4.69, 9.17) is 9.29 Å². The van der Waals surface area contributed by atoms with E-state index in [2.05, 4.69) is 41.2 Å². The Bertz CT molecular complexity index is 1260. The number of hydrogen-bond donors (Lipinski definition) is 4. The van der Waals surface area contributed by atoms with Crippen LogP contribution in [-0.4, -0.2) is 25.8 Å². The molecule has 168 valence electrons. The maximum absolute atomic E-state index is 10.3. The van der Waals surface area contributed by atoms with E-state index < -0.39 is 0 Å². The number of nitrogens with zero attached hydrogens (tertiary/aromatic N) is 1. The van der Waals surface area contributed by atoms with Gasteiger partial charge in [-0.15, -0.1) is 5.10 Å². The van der Waals surface area contributed by atoms with Crippen LogP contribution < -0.4 is 9.73 Å². The van der Waals surface area contributed by atoms with Crippen molar-refractivity contribution in [1.82, 2.24) is 10.2 Å². The lowest BCUT2D eigenvalue weighted by molar-refractivity contribution is -0.367. The molecule has 0 saturated carbocycles. The van der Waals surface area contributed by atoms with Crippen molar-refractivity contribution in [2.45, 2.75) is 31.6 Å². The molecule has 4 rings (SSSR count). The second kappa shape index (κ2) is 10.4. The summed E-state index contributed by atoms with van der Waals surface area (Å²) in [6.45, 7) is 4.16. The van der Waals surface area contributed by atoms with Gasteiger partial charge < -0.3 is 14.4 Å². The average molecular weight is 461 g/mol. The lowest BCUT2D eigenvalue weighted by atomic mass is 10.0. The fourth-order valence-corrected chi connectivity index (χ4v) is 4.05. The molecule has 7 heteroatoms. The molecule has 0 atom stereocenters. The predicted molar refractivity (Wildman–Crippen MR) is 132 cm³/mol. The highest BCUT2D eigenvalue weighted by Gasteiger charge is 2.11. The van der Waals surface area contributed by atoms with Crippen LogP contribution in [-0.2, 0) is 6.42 Å². The molecule has 4 N–H and O–H groups in total.